The lowest BCUT2D eigenvalue weighted by Crippen LogP contribution is -1.86. The van der Waals surface area contributed by atoms with Crippen LogP contribution in [0.25, 0.3) is 0 Å². The summed E-state index contributed by atoms with van der Waals surface area (Å²) < 4.78 is 0. The van der Waals surface area contributed by atoms with Crippen LogP contribution in [0.5, 0.6) is 0 Å². The molecule has 0 unspecified atom stereocenters. The summed E-state index contributed by atoms with van der Waals surface area (Å²) in [4.78, 5) is 0. The highest BCUT2D eigenvalue weighted by Gasteiger charge is 1.94. The molecule has 1 aromatic carbocycles. The van der Waals surface area contributed by atoms with Crippen LogP contribution in [0.4, 0.5) is 0 Å². The predicted octanol–water partition coefficient (Wildman–Crippen LogP) is 5.64. The fourth-order valence-corrected chi connectivity index (χ4v) is 1.40. The summed E-state index contributed by atoms with van der Waals surface area (Å²) in [6, 6.07) is 8.68. The summed E-state index contributed by atoms with van der Waals surface area (Å²) in [6.45, 7) is 16.0. The number of hydrogen-bond donors (Lipinski definition) is 0. The average molecular weight is 242 g/mol. The van der Waals surface area contributed by atoms with Gasteiger partial charge in [0.1, 0.15) is 0 Å². The van der Waals surface area contributed by atoms with Crippen LogP contribution in [0.2, 0.25) is 0 Å². The number of rotatable bonds is 5. The molecular weight excluding hydrogens is 216 g/mol. The molecule has 1 rings (SSSR count). The fraction of sp³-hybridized carbons (Fsp3) is 0.333. The molecule has 0 nitrogen and oxygen atoms in total. The minimum absolute atomic E-state index is 1.01. The van der Waals surface area contributed by atoms with Gasteiger partial charge in [-0.3, -0.25) is 0 Å². The molecule has 0 aliphatic heterocycles. The molecule has 0 amide bonds. The van der Waals surface area contributed by atoms with Crippen LogP contribution in [0.15, 0.2) is 60.7 Å². The number of aryl methyl sites for hydroxylation is 2. The predicted molar refractivity (Wildman–Crippen MR) is 83.9 cm³/mol. The molecule has 1 aromatic rings. The van der Waals surface area contributed by atoms with E-state index >= 15 is 0 Å². The molecule has 0 bridgehead atoms. The molecule has 0 heteroatoms. The second-order valence-electron chi connectivity index (χ2n) is 4.32. The van der Waals surface area contributed by atoms with Gasteiger partial charge in [-0.05, 0) is 32.3 Å². The van der Waals surface area contributed by atoms with E-state index in [9.17, 15) is 0 Å². The van der Waals surface area contributed by atoms with Crippen molar-refractivity contribution in [3.8, 4) is 0 Å². The van der Waals surface area contributed by atoms with E-state index < -0.39 is 0 Å². The Morgan fingerprint density at radius 2 is 1.61 bits per heavy atom. The molecule has 0 radical (unpaired) electrons. The molecular formula is C18H26. The summed E-state index contributed by atoms with van der Waals surface area (Å²) in [6.07, 6.45) is 6.13. The third-order valence-corrected chi connectivity index (χ3v) is 2.46. The molecule has 18 heavy (non-hydrogen) atoms. The fourth-order valence-electron chi connectivity index (χ4n) is 1.40. The molecule has 0 fully saturated rings. The van der Waals surface area contributed by atoms with Crippen LogP contribution in [0.3, 0.4) is 0 Å². The third-order valence-electron chi connectivity index (χ3n) is 2.46. The van der Waals surface area contributed by atoms with E-state index in [-0.39, 0.29) is 0 Å². The van der Waals surface area contributed by atoms with E-state index in [2.05, 4.69) is 50.4 Å². The van der Waals surface area contributed by atoms with Gasteiger partial charge >= 0.3 is 0 Å². The summed E-state index contributed by atoms with van der Waals surface area (Å²) >= 11 is 0. The maximum Gasteiger partial charge on any atom is -0.0238 e. The smallest absolute Gasteiger partial charge is 0.0238 e. The van der Waals surface area contributed by atoms with Crippen molar-refractivity contribution < 1.29 is 0 Å². The molecule has 0 saturated carbocycles. The van der Waals surface area contributed by atoms with E-state index in [0.717, 1.165) is 24.0 Å². The largest absolute Gasteiger partial charge is 0.0961 e. The summed E-state index contributed by atoms with van der Waals surface area (Å²) in [7, 11) is 0. The van der Waals surface area contributed by atoms with E-state index in [1.54, 1.807) is 0 Å². The van der Waals surface area contributed by atoms with E-state index in [4.69, 9.17) is 0 Å². The number of allylic oxidation sites excluding steroid dienone is 4. The van der Waals surface area contributed by atoms with Crippen molar-refractivity contribution >= 4 is 0 Å². The molecule has 98 valence electrons. The van der Waals surface area contributed by atoms with Crippen LogP contribution >= 0.6 is 0 Å². The number of benzene rings is 1. The Bertz CT molecular complexity index is 391. The van der Waals surface area contributed by atoms with Crippen molar-refractivity contribution in [2.45, 2.75) is 40.5 Å². The maximum absolute atomic E-state index is 4.03. The van der Waals surface area contributed by atoms with Gasteiger partial charge in [-0.1, -0.05) is 80.1 Å². The number of hydrogen-bond acceptors (Lipinski definition) is 0. The Balaban J connectivity index is 0.00000137. The average Bonchev–Trinajstić information content (AvgIpc) is 2.38. The van der Waals surface area contributed by atoms with Crippen molar-refractivity contribution in [1.29, 1.82) is 0 Å². The quantitative estimate of drug-likeness (QED) is 0.586. The van der Waals surface area contributed by atoms with Gasteiger partial charge in [-0.2, -0.15) is 0 Å². The lowest BCUT2D eigenvalue weighted by atomic mass is 10.0. The van der Waals surface area contributed by atoms with Crippen LogP contribution in [-0.2, 0) is 6.42 Å². The lowest BCUT2D eigenvalue weighted by molar-refractivity contribution is 0.968. The van der Waals surface area contributed by atoms with Gasteiger partial charge in [0.05, 0.1) is 0 Å². The van der Waals surface area contributed by atoms with Crippen LogP contribution in [-0.4, -0.2) is 0 Å². The summed E-state index contributed by atoms with van der Waals surface area (Å²) in [5.74, 6) is 0. The van der Waals surface area contributed by atoms with Crippen LogP contribution < -0.4 is 0 Å². The van der Waals surface area contributed by atoms with Gasteiger partial charge < -0.3 is 0 Å². The minimum Gasteiger partial charge on any atom is -0.0961 e. The topological polar surface area (TPSA) is 0 Å². The summed E-state index contributed by atoms with van der Waals surface area (Å²) in [5.41, 5.74) is 4.90. The van der Waals surface area contributed by atoms with Gasteiger partial charge in [0.15, 0.2) is 0 Å². The Morgan fingerprint density at radius 1 is 1.06 bits per heavy atom. The maximum atomic E-state index is 4.03. The molecule has 0 spiro atoms. The zero-order valence-corrected chi connectivity index (χ0v) is 12.3. The van der Waals surface area contributed by atoms with Crippen molar-refractivity contribution in [1.82, 2.24) is 0 Å². The van der Waals surface area contributed by atoms with E-state index in [0.29, 0.717) is 0 Å². The van der Waals surface area contributed by atoms with Gasteiger partial charge in [-0.15, -0.1) is 0 Å². The minimum atomic E-state index is 1.01. The van der Waals surface area contributed by atoms with Crippen molar-refractivity contribution in [3.63, 3.8) is 0 Å². The van der Waals surface area contributed by atoms with Crippen molar-refractivity contribution in [3.05, 3.63) is 71.8 Å². The Morgan fingerprint density at radius 3 is 2.11 bits per heavy atom. The first-order chi connectivity index (χ1) is 8.58. The van der Waals surface area contributed by atoms with Crippen LogP contribution in [0, 0.1) is 6.92 Å². The highest BCUT2D eigenvalue weighted by molar-refractivity contribution is 5.26. The molecule has 0 heterocycles. The standard InChI is InChI=1S/C16H20.C2H6/c1-13(2)5-6-14(3)7-10-16-11-8-15(4)9-12-16;1-2/h5-6,8-9,11-12H,1,3,7,10H2,2,4H3;1-2H3/b6-5-;. The second-order valence-corrected chi connectivity index (χ2v) is 4.32. The second kappa shape index (κ2) is 9.47. The highest BCUT2D eigenvalue weighted by atomic mass is 14.0. The van der Waals surface area contributed by atoms with Gasteiger partial charge in [-0.25, -0.2) is 0 Å². The lowest BCUT2D eigenvalue weighted by Gasteiger charge is -2.02. The van der Waals surface area contributed by atoms with E-state index in [1.807, 2.05) is 26.8 Å². The molecule has 0 aliphatic carbocycles. The SMILES string of the molecule is C=C(C)/C=C\C(=C)CCc1ccc(C)cc1.CC. The van der Waals surface area contributed by atoms with E-state index in [1.165, 1.54) is 11.1 Å². The van der Waals surface area contributed by atoms with Gasteiger partial charge in [0, 0.05) is 0 Å². The van der Waals surface area contributed by atoms with Crippen molar-refractivity contribution in [2.75, 3.05) is 0 Å². The molecule has 0 saturated heterocycles. The van der Waals surface area contributed by atoms with Crippen molar-refractivity contribution in [2.24, 2.45) is 0 Å². The Labute approximate surface area is 113 Å². The molecule has 0 N–H and O–H groups in total. The first kappa shape index (κ1) is 16.4. The molecule has 0 atom stereocenters. The normalized spacial score (nSPS) is 9.78. The summed E-state index contributed by atoms with van der Waals surface area (Å²) in [5, 5.41) is 0. The Hall–Kier alpha value is -1.56. The highest BCUT2D eigenvalue weighted by Crippen LogP contribution is 2.10. The van der Waals surface area contributed by atoms with Gasteiger partial charge in [0.2, 0.25) is 0 Å². The third kappa shape index (κ3) is 7.67. The zero-order chi connectivity index (χ0) is 14.0. The first-order valence-corrected chi connectivity index (χ1v) is 6.65. The first-order valence-electron chi connectivity index (χ1n) is 6.65. The monoisotopic (exact) mass is 242 g/mol. The zero-order valence-electron chi connectivity index (χ0n) is 12.3. The molecule has 0 aromatic heterocycles. The van der Waals surface area contributed by atoms with Crippen LogP contribution in [0.1, 0.15) is 38.3 Å². The Kier molecular flexibility index (Phi) is 8.65. The van der Waals surface area contributed by atoms with Gasteiger partial charge in [0.25, 0.3) is 0 Å². The molecule has 0 aliphatic rings.